The molecule has 4 nitrogen and oxygen atoms in total. The minimum atomic E-state index is -4.64. The van der Waals surface area contributed by atoms with E-state index in [1.165, 1.54) is 0 Å². The van der Waals surface area contributed by atoms with Gasteiger partial charge in [-0.3, -0.25) is 0 Å². The second-order valence-electron chi connectivity index (χ2n) is 0.715. The monoisotopic (exact) mass is 416 g/mol. The van der Waals surface area contributed by atoms with E-state index in [9.17, 15) is 0 Å². The number of rotatable bonds is 0. The summed E-state index contributed by atoms with van der Waals surface area (Å²) in [7, 11) is 5.17. The van der Waals surface area contributed by atoms with Crippen molar-refractivity contribution in [1.29, 1.82) is 0 Å². The van der Waals surface area contributed by atoms with Crippen molar-refractivity contribution in [2.45, 2.75) is 0 Å². The van der Waals surface area contributed by atoms with Gasteiger partial charge in [-0.1, -0.05) is 0 Å². The van der Waals surface area contributed by atoms with E-state index in [0.29, 0.717) is 47.1 Å². The Morgan fingerprint density at radius 3 is 1.14 bits per heavy atom. The predicted octanol–water partition coefficient (Wildman–Crippen LogP) is 0.728. The molecule has 0 unspecified atom stereocenters. The normalized spacial score (nSPS) is 6.14. The summed E-state index contributed by atoms with van der Waals surface area (Å²) in [6.45, 7) is 0. The van der Waals surface area contributed by atoms with E-state index in [0.717, 1.165) is 0 Å². The summed E-state index contributed by atoms with van der Waals surface area (Å²) in [4.78, 5) is 21.6. The van der Waals surface area contributed by atoms with Crippen LogP contribution in [0.4, 0.5) is 0 Å². The molecule has 0 radical (unpaired) electrons. The molecule has 0 amide bonds. The number of hydrogen-bond acceptors (Lipinski definition) is 1. The topological polar surface area (TPSA) is 77.8 Å². The van der Waals surface area contributed by atoms with Crippen LogP contribution in [0.1, 0.15) is 0 Å². The van der Waals surface area contributed by atoms with E-state index in [2.05, 4.69) is 0 Å². The average molecular weight is 419 g/mol. The second-order valence-corrected chi connectivity index (χ2v) is 8.02. The van der Waals surface area contributed by atoms with Crippen molar-refractivity contribution in [2.75, 3.05) is 0 Å². The Labute approximate surface area is 202 Å². The fourth-order valence-electron chi connectivity index (χ4n) is 0. The van der Waals surface area contributed by atoms with E-state index in [-0.39, 0.29) is 51.4 Å². The van der Waals surface area contributed by atoms with Gasteiger partial charge in [-0.05, 0) is 0 Å². The van der Waals surface area contributed by atoms with Crippen LogP contribution < -0.4 is 0 Å². The molecule has 14 heteroatoms. The molecule has 3 N–H and O–H groups in total. The van der Waals surface area contributed by atoms with E-state index in [1.807, 2.05) is 0 Å². The third-order valence-electron chi connectivity index (χ3n) is 0. The summed E-state index contributed by atoms with van der Waals surface area (Å²) in [5.74, 6) is 0. The minimum absolute atomic E-state index is 0. The van der Waals surface area contributed by atoms with Gasteiger partial charge in [0.1, 0.15) is 0 Å². The molecule has 0 aromatic rings. The molecule has 0 atom stereocenters. The van der Waals surface area contributed by atoms with E-state index in [1.54, 1.807) is 0 Å². The van der Waals surface area contributed by atoms with E-state index in [4.69, 9.17) is 53.9 Å². The number of phosphoric acid groups is 1. The van der Waals surface area contributed by atoms with Crippen molar-refractivity contribution >= 4 is 190 Å². The summed E-state index contributed by atoms with van der Waals surface area (Å²) in [5, 5.41) is 0. The van der Waals surface area contributed by atoms with Crippen molar-refractivity contribution in [3.05, 3.63) is 0 Å². The molecule has 0 aliphatic rings. The van der Waals surface area contributed by atoms with Gasteiger partial charge in [0, 0.05) is 0 Å². The van der Waals surface area contributed by atoms with Gasteiger partial charge in [0.2, 0.25) is 0 Å². The third-order valence-corrected chi connectivity index (χ3v) is 0. The van der Waals surface area contributed by atoms with Crippen molar-refractivity contribution < 1.29 is 19.2 Å². The predicted molar refractivity (Wildman–Crippen MR) is 67.9 cm³/mol. The van der Waals surface area contributed by atoms with Crippen LogP contribution in [0.2, 0.25) is 0 Å². The molecule has 0 aliphatic heterocycles. The fraction of sp³-hybridized carbons (Fsp3) is 0. The van der Waals surface area contributed by atoms with Gasteiger partial charge in [0.15, 0.2) is 0 Å². The first-order valence-corrected chi connectivity index (χ1v) is 18.4. The molecule has 0 rings (SSSR count). The Hall–Kier alpha value is 6.86. The summed E-state index contributed by atoms with van der Waals surface area (Å²) in [6.07, 6.45) is 9.90. The van der Waals surface area contributed by atoms with Crippen molar-refractivity contribution in [2.24, 2.45) is 0 Å². The molecular formula is H4CaCl5K2MgO4P. The molecule has 74 valence electrons. The summed E-state index contributed by atoms with van der Waals surface area (Å²) in [6, 6.07) is 0. The van der Waals surface area contributed by atoms with Gasteiger partial charge in [-0.15, -0.1) is 0 Å². The number of halogens is 5. The molecule has 0 aromatic heterocycles. The van der Waals surface area contributed by atoms with Gasteiger partial charge in [0.25, 0.3) is 0 Å². The fourth-order valence-corrected chi connectivity index (χ4v) is 0. The quantitative estimate of drug-likeness (QED) is 0.400. The maximum atomic E-state index is 8.88. The average Bonchev–Trinajstić information content (AvgIpc) is 1.90. The van der Waals surface area contributed by atoms with Crippen LogP contribution in [-0.2, 0) is 4.57 Å². The molecule has 0 saturated carbocycles. The Morgan fingerprint density at radius 2 is 1.14 bits per heavy atom. The maximum absolute atomic E-state index is 8.88. The van der Waals surface area contributed by atoms with Gasteiger partial charge in [-0.2, -0.15) is 0 Å². The van der Waals surface area contributed by atoms with Gasteiger partial charge < -0.3 is 32.8 Å². The van der Waals surface area contributed by atoms with Crippen LogP contribution in [0, 0.1) is 0 Å². The summed E-state index contributed by atoms with van der Waals surface area (Å²) < 4.78 is 13.7. The van der Waals surface area contributed by atoms with E-state index >= 15 is 0 Å². The van der Waals surface area contributed by atoms with Gasteiger partial charge in [0.05, 0.1) is 0 Å². The molecule has 0 spiro atoms. The first-order valence-electron chi connectivity index (χ1n) is 2.23. The molecule has 0 aliphatic carbocycles. The molecule has 14 heavy (non-hydrogen) atoms. The Morgan fingerprint density at radius 1 is 1.14 bits per heavy atom. The van der Waals surface area contributed by atoms with Crippen LogP contribution in [0.3, 0.4) is 0 Å². The molecule has 0 heterocycles. The van der Waals surface area contributed by atoms with E-state index < -0.39 is 56.8 Å². The zero-order chi connectivity index (χ0) is 11.9. The van der Waals surface area contributed by atoms with Gasteiger partial charge in [-0.25, -0.2) is 4.57 Å². The van der Waals surface area contributed by atoms with Crippen molar-refractivity contribution in [3.63, 3.8) is 0 Å². The molecule has 0 aromatic carbocycles. The standard InChI is InChI=1S/Ca.5ClH.2K.Mg.H3O4P.H/c;;;;;;;;;1-5(2,3)4;/h;5*1H;;;;(H3,1,2,3,4);/q+2;;;;;;;+1;+2;;/p-5. The molecular weight excluding hydrogens is 415 g/mol. The Balaban J connectivity index is -0.0000000267. The first kappa shape index (κ1) is 32.7. The Bertz CT molecular complexity index is 95.5. The Kier molecular flexibility index (Phi) is 74.7. The zero-order valence-corrected chi connectivity index (χ0v) is 17.9. The summed E-state index contributed by atoms with van der Waals surface area (Å²) >= 11 is -1.03. The van der Waals surface area contributed by atoms with Crippen LogP contribution in [-0.4, -0.2) is 162 Å². The van der Waals surface area contributed by atoms with Crippen LogP contribution in [0.25, 0.3) is 0 Å². The first-order chi connectivity index (χ1) is 5.83. The van der Waals surface area contributed by atoms with Crippen LogP contribution in [0.15, 0.2) is 0 Å². The second kappa shape index (κ2) is 32.0. The molecule has 0 saturated heterocycles. The molecule has 0 fully saturated rings. The summed E-state index contributed by atoms with van der Waals surface area (Å²) in [5.41, 5.74) is 0. The van der Waals surface area contributed by atoms with Crippen molar-refractivity contribution in [1.82, 2.24) is 0 Å². The SMILES string of the molecule is O=P(O)(O)O.[Cl][Ca][Cl].[Cl][K].[Cl][Mg][Cl].[KH]. The van der Waals surface area contributed by atoms with Crippen LogP contribution >= 0.6 is 42.5 Å². The van der Waals surface area contributed by atoms with Crippen molar-refractivity contribution in [3.8, 4) is 0 Å². The van der Waals surface area contributed by atoms with Gasteiger partial charge >= 0.3 is 172 Å². The van der Waals surface area contributed by atoms with Crippen LogP contribution in [0.5, 0.6) is 0 Å². The zero-order valence-electron chi connectivity index (χ0n) is 6.50. The molecule has 0 bridgehead atoms. The third kappa shape index (κ3) is 128. The number of hydrogen-bond donors (Lipinski definition) is 3.